The number of nitrogens with zero attached hydrogens (tertiary/aromatic N) is 2. The molecule has 0 saturated carbocycles. The maximum Gasteiger partial charge on any atom is 0.0464 e. The highest BCUT2D eigenvalue weighted by molar-refractivity contribution is 5.91. The molecule has 0 bridgehead atoms. The minimum atomic E-state index is 1.01. The van der Waals surface area contributed by atoms with Gasteiger partial charge in [0.25, 0.3) is 0 Å². The molecule has 2 heteroatoms. The zero-order valence-electron chi connectivity index (χ0n) is 34.4. The van der Waals surface area contributed by atoms with E-state index < -0.39 is 0 Å². The van der Waals surface area contributed by atoms with E-state index in [1.54, 1.807) is 0 Å². The molecule has 0 aliphatic heterocycles. The third-order valence-corrected chi connectivity index (χ3v) is 11.4. The minimum absolute atomic E-state index is 1.01. The molecule has 7 aromatic rings. The molecule has 0 aromatic heterocycles. The maximum absolute atomic E-state index is 2.42. The number of anilines is 4. The van der Waals surface area contributed by atoms with E-state index in [4.69, 9.17) is 0 Å². The smallest absolute Gasteiger partial charge is 0.0464 e. The van der Waals surface area contributed by atoms with E-state index in [2.05, 4.69) is 220 Å². The number of benzene rings is 7. The first kappa shape index (κ1) is 39.1. The van der Waals surface area contributed by atoms with Crippen LogP contribution >= 0.6 is 0 Å². The molecule has 0 amide bonds. The zero-order chi connectivity index (χ0) is 39.6. The van der Waals surface area contributed by atoms with Gasteiger partial charge in [0.1, 0.15) is 0 Å². The van der Waals surface area contributed by atoms with Crippen molar-refractivity contribution in [3.05, 3.63) is 225 Å². The Balaban J connectivity index is 1.18. The average Bonchev–Trinajstić information content (AvgIpc) is 3.25. The molecule has 0 aliphatic carbocycles. The summed E-state index contributed by atoms with van der Waals surface area (Å²) >= 11 is 0. The van der Waals surface area contributed by atoms with Crippen molar-refractivity contribution < 1.29 is 0 Å². The highest BCUT2D eigenvalue weighted by Gasteiger charge is 2.16. The Labute approximate surface area is 341 Å². The van der Waals surface area contributed by atoms with Gasteiger partial charge in [0, 0.05) is 35.8 Å². The van der Waals surface area contributed by atoms with E-state index in [1.165, 1.54) is 78.3 Å². The summed E-state index contributed by atoms with van der Waals surface area (Å²) < 4.78 is 0. The lowest BCUT2D eigenvalue weighted by Gasteiger charge is -2.27. The van der Waals surface area contributed by atoms with Crippen molar-refractivity contribution in [1.82, 2.24) is 0 Å². The lowest BCUT2D eigenvalue weighted by molar-refractivity contribution is 0.864. The third kappa shape index (κ3) is 9.83. The first-order valence-corrected chi connectivity index (χ1v) is 20.7. The predicted molar refractivity (Wildman–Crippen MR) is 246 cm³/mol. The molecule has 0 radical (unpaired) electrons. The maximum atomic E-state index is 2.42. The van der Waals surface area contributed by atoms with Gasteiger partial charge in [-0.15, -0.1) is 0 Å². The average molecular weight is 745 g/mol. The highest BCUT2D eigenvalue weighted by atomic mass is 15.1. The summed E-state index contributed by atoms with van der Waals surface area (Å²) in [6, 6.07) is 62.5. The van der Waals surface area contributed by atoms with Crippen molar-refractivity contribution in [3.8, 4) is 0 Å². The zero-order valence-corrected chi connectivity index (χ0v) is 34.4. The molecule has 0 saturated heterocycles. The fraction of sp³-hybridized carbons (Fsp3) is 0.200. The van der Waals surface area contributed by atoms with Crippen LogP contribution in [0, 0.1) is 20.8 Å². The Morgan fingerprint density at radius 1 is 0.439 bits per heavy atom. The van der Waals surface area contributed by atoms with Crippen molar-refractivity contribution in [2.45, 2.75) is 60.3 Å². The summed E-state index contributed by atoms with van der Waals surface area (Å²) in [4.78, 5) is 4.82. The Morgan fingerprint density at radius 3 is 1.33 bits per heavy atom. The molecule has 57 heavy (non-hydrogen) atoms. The van der Waals surface area contributed by atoms with E-state index in [1.807, 2.05) is 0 Å². The Kier molecular flexibility index (Phi) is 12.8. The summed E-state index contributed by atoms with van der Waals surface area (Å²) in [5.74, 6) is 0. The van der Waals surface area contributed by atoms with Crippen molar-refractivity contribution in [2.75, 3.05) is 22.9 Å². The normalized spacial score (nSPS) is 11.0. The van der Waals surface area contributed by atoms with Crippen molar-refractivity contribution in [2.24, 2.45) is 0 Å². The summed E-state index contributed by atoms with van der Waals surface area (Å²) in [6.07, 6.45) is 6.40. The molecule has 0 spiro atoms. The lowest BCUT2D eigenvalue weighted by atomic mass is 9.95. The van der Waals surface area contributed by atoms with Gasteiger partial charge in [0.2, 0.25) is 0 Å². The van der Waals surface area contributed by atoms with E-state index in [0.717, 1.165) is 44.5 Å². The van der Waals surface area contributed by atoms with Crippen LogP contribution in [-0.4, -0.2) is 13.1 Å². The van der Waals surface area contributed by atoms with E-state index in [0.29, 0.717) is 0 Å². The van der Waals surface area contributed by atoms with Crippen LogP contribution in [0.2, 0.25) is 0 Å². The Hall–Kier alpha value is -6.12. The van der Waals surface area contributed by atoms with Crippen molar-refractivity contribution in [1.29, 1.82) is 0 Å². The summed E-state index contributed by atoms with van der Waals surface area (Å²) in [5.41, 5.74) is 19.1. The van der Waals surface area contributed by atoms with Gasteiger partial charge >= 0.3 is 0 Å². The van der Waals surface area contributed by atoms with Gasteiger partial charge in [0.05, 0.1) is 0 Å². The number of hydrogen-bond acceptors (Lipinski definition) is 2. The van der Waals surface area contributed by atoms with E-state index >= 15 is 0 Å². The number of hydrogen-bond donors (Lipinski definition) is 0. The molecular weight excluding hydrogens is 689 g/mol. The van der Waals surface area contributed by atoms with Gasteiger partial charge in [-0.3, -0.25) is 0 Å². The summed E-state index contributed by atoms with van der Waals surface area (Å²) in [6.45, 7) is 13.2. The number of rotatable bonds is 15. The quantitative estimate of drug-likeness (QED) is 0.0965. The Bertz CT molecular complexity index is 2330. The first-order valence-electron chi connectivity index (χ1n) is 20.7. The second-order valence-electron chi connectivity index (χ2n) is 15.3. The lowest BCUT2D eigenvalue weighted by Crippen LogP contribution is -2.21. The standard InChI is InChI=1S/C55H56N2/c1-6-56(7-2)51-32-24-45(25-33-51)23-29-48-31-37-54(39-43(48)5)57(53-36-30-47(42(4)38-53)28-22-44-20-18-41(3)19-21-44)52-34-26-46(27-35-52)40-55(49-14-10-8-11-15-49)50-16-12-9-13-17-50/h8-21,24-27,30-40H,6-7,22-23,28-29H2,1-5H3. The SMILES string of the molecule is CCN(CC)c1ccc(CCc2ccc(N(c3ccc(C=C(c4ccccc4)c4ccccc4)cc3)c3ccc(CCc4ccc(C)cc4)c(C)c3)cc2C)cc1. The van der Waals surface area contributed by atoms with Crippen molar-refractivity contribution in [3.63, 3.8) is 0 Å². The van der Waals surface area contributed by atoms with Crippen LogP contribution in [0.1, 0.15) is 69.5 Å². The summed E-state index contributed by atoms with van der Waals surface area (Å²) in [7, 11) is 0. The van der Waals surface area contributed by atoms with Crippen LogP contribution in [0.25, 0.3) is 11.6 Å². The van der Waals surface area contributed by atoms with Crippen LogP contribution in [0.15, 0.2) is 170 Å². The summed E-state index contributed by atoms with van der Waals surface area (Å²) in [5, 5.41) is 0. The van der Waals surface area contributed by atoms with Gasteiger partial charge in [-0.05, 0) is 171 Å². The van der Waals surface area contributed by atoms with Gasteiger partial charge in [-0.1, -0.05) is 127 Å². The second kappa shape index (κ2) is 18.7. The van der Waals surface area contributed by atoms with Crippen molar-refractivity contribution >= 4 is 34.4 Å². The molecule has 2 nitrogen and oxygen atoms in total. The fourth-order valence-corrected chi connectivity index (χ4v) is 7.88. The molecule has 0 fully saturated rings. The topological polar surface area (TPSA) is 6.48 Å². The van der Waals surface area contributed by atoms with Crippen LogP contribution in [0.4, 0.5) is 22.7 Å². The van der Waals surface area contributed by atoms with Gasteiger partial charge in [0.15, 0.2) is 0 Å². The van der Waals surface area contributed by atoms with Crippen LogP contribution in [0.5, 0.6) is 0 Å². The molecule has 7 aromatic carbocycles. The van der Waals surface area contributed by atoms with E-state index in [-0.39, 0.29) is 0 Å². The molecule has 0 unspecified atom stereocenters. The van der Waals surface area contributed by atoms with Gasteiger partial charge in [-0.2, -0.15) is 0 Å². The van der Waals surface area contributed by atoms with Crippen LogP contribution < -0.4 is 9.80 Å². The first-order chi connectivity index (χ1) is 27.9. The van der Waals surface area contributed by atoms with Crippen LogP contribution in [-0.2, 0) is 25.7 Å². The minimum Gasteiger partial charge on any atom is -0.372 e. The third-order valence-electron chi connectivity index (χ3n) is 11.4. The molecular formula is C55H56N2. The molecule has 0 N–H and O–H groups in total. The highest BCUT2D eigenvalue weighted by Crippen LogP contribution is 2.37. The molecule has 0 atom stereocenters. The molecule has 286 valence electrons. The fourth-order valence-electron chi connectivity index (χ4n) is 7.88. The largest absolute Gasteiger partial charge is 0.372 e. The molecule has 0 aliphatic rings. The monoisotopic (exact) mass is 744 g/mol. The Morgan fingerprint density at radius 2 is 0.877 bits per heavy atom. The predicted octanol–water partition coefficient (Wildman–Crippen LogP) is 14.1. The van der Waals surface area contributed by atoms with E-state index in [9.17, 15) is 0 Å². The van der Waals surface area contributed by atoms with Crippen LogP contribution in [0.3, 0.4) is 0 Å². The van der Waals surface area contributed by atoms with Gasteiger partial charge in [-0.25, -0.2) is 0 Å². The molecule has 0 heterocycles. The van der Waals surface area contributed by atoms with Gasteiger partial charge < -0.3 is 9.80 Å². The number of aryl methyl sites for hydroxylation is 7. The molecule has 7 rings (SSSR count). The second-order valence-corrected chi connectivity index (χ2v) is 15.3.